The summed E-state index contributed by atoms with van der Waals surface area (Å²) in [5.41, 5.74) is 2.86. The molecule has 0 saturated heterocycles. The molecule has 0 fully saturated rings. The van der Waals surface area contributed by atoms with Gasteiger partial charge in [-0.1, -0.05) is 42.5 Å². The predicted octanol–water partition coefficient (Wildman–Crippen LogP) is 2.81. The number of para-hydroxylation sites is 2. The molecule has 0 aliphatic rings. The molecule has 24 heavy (non-hydrogen) atoms. The maximum absolute atomic E-state index is 12.3. The second-order valence-corrected chi connectivity index (χ2v) is 5.52. The van der Waals surface area contributed by atoms with Gasteiger partial charge in [0.1, 0.15) is 5.82 Å². The molecule has 5 heteroatoms. The molecule has 1 N–H and O–H groups in total. The van der Waals surface area contributed by atoms with Crippen molar-refractivity contribution in [2.45, 2.75) is 25.9 Å². The summed E-state index contributed by atoms with van der Waals surface area (Å²) < 4.78 is 1.96. The van der Waals surface area contributed by atoms with Crippen molar-refractivity contribution in [3.8, 4) is 6.07 Å². The van der Waals surface area contributed by atoms with E-state index in [0.29, 0.717) is 25.3 Å². The van der Waals surface area contributed by atoms with E-state index in [1.165, 1.54) is 0 Å². The molecule has 3 aromatic rings. The van der Waals surface area contributed by atoms with Crippen molar-refractivity contribution >= 4 is 16.9 Å². The quantitative estimate of drug-likeness (QED) is 0.759. The zero-order valence-electron chi connectivity index (χ0n) is 13.3. The number of hydrogen-bond donors (Lipinski definition) is 1. The number of nitriles is 1. The Morgan fingerprint density at radius 3 is 2.67 bits per heavy atom. The lowest BCUT2D eigenvalue weighted by atomic mass is 10.2. The van der Waals surface area contributed by atoms with Crippen LogP contribution in [0.3, 0.4) is 0 Å². The molecule has 0 atom stereocenters. The van der Waals surface area contributed by atoms with Crippen LogP contribution in [0.4, 0.5) is 0 Å². The Morgan fingerprint density at radius 2 is 1.88 bits per heavy atom. The number of nitrogens with one attached hydrogen (secondary N) is 1. The Kier molecular flexibility index (Phi) is 4.87. The number of aryl methyl sites for hydroxylation is 1. The van der Waals surface area contributed by atoms with E-state index in [1.807, 2.05) is 59.2 Å². The van der Waals surface area contributed by atoms with Gasteiger partial charge in [-0.3, -0.25) is 4.79 Å². The monoisotopic (exact) mass is 318 g/mol. The Morgan fingerprint density at radius 1 is 1.12 bits per heavy atom. The highest BCUT2D eigenvalue weighted by molar-refractivity contribution is 5.81. The van der Waals surface area contributed by atoms with Gasteiger partial charge < -0.3 is 9.88 Å². The summed E-state index contributed by atoms with van der Waals surface area (Å²) in [5.74, 6) is 0.615. The van der Waals surface area contributed by atoms with E-state index < -0.39 is 0 Å². The van der Waals surface area contributed by atoms with Crippen molar-refractivity contribution in [3.05, 3.63) is 66.0 Å². The van der Waals surface area contributed by atoms with Gasteiger partial charge in [0.2, 0.25) is 5.91 Å². The van der Waals surface area contributed by atoms with Crippen LogP contribution in [0.15, 0.2) is 54.6 Å². The first kappa shape index (κ1) is 15.8. The summed E-state index contributed by atoms with van der Waals surface area (Å²) in [4.78, 5) is 16.8. The van der Waals surface area contributed by atoms with E-state index in [2.05, 4.69) is 16.4 Å². The van der Waals surface area contributed by atoms with E-state index in [-0.39, 0.29) is 12.3 Å². The third kappa shape index (κ3) is 3.61. The first-order valence-corrected chi connectivity index (χ1v) is 7.89. The van der Waals surface area contributed by atoms with Crippen LogP contribution in [0, 0.1) is 11.3 Å². The van der Waals surface area contributed by atoms with Gasteiger partial charge in [0.15, 0.2) is 0 Å². The minimum atomic E-state index is -0.0765. The standard InChI is InChI=1S/C19H18N4O/c20-11-6-12-23-17-10-5-4-9-16(17)22-18(23)13-19(24)21-14-15-7-2-1-3-8-15/h1-5,7-10H,6,12-14H2,(H,21,24). The molecular weight excluding hydrogens is 300 g/mol. The third-order valence-electron chi connectivity index (χ3n) is 3.83. The second kappa shape index (κ2) is 7.42. The third-order valence-corrected chi connectivity index (χ3v) is 3.83. The number of benzene rings is 2. The van der Waals surface area contributed by atoms with Crippen LogP contribution in [0.5, 0.6) is 0 Å². The lowest BCUT2D eigenvalue weighted by Gasteiger charge is -2.08. The highest BCUT2D eigenvalue weighted by atomic mass is 16.1. The van der Waals surface area contributed by atoms with Gasteiger partial charge in [-0.05, 0) is 17.7 Å². The van der Waals surface area contributed by atoms with Gasteiger partial charge in [0, 0.05) is 13.1 Å². The minimum Gasteiger partial charge on any atom is -0.352 e. The summed E-state index contributed by atoms with van der Waals surface area (Å²) in [6, 6.07) is 19.7. The molecule has 0 bridgehead atoms. The normalized spacial score (nSPS) is 10.5. The highest BCUT2D eigenvalue weighted by Crippen LogP contribution is 2.17. The van der Waals surface area contributed by atoms with Crippen LogP contribution in [0.2, 0.25) is 0 Å². The van der Waals surface area contributed by atoms with Crippen LogP contribution in [0.25, 0.3) is 11.0 Å². The molecule has 5 nitrogen and oxygen atoms in total. The fraction of sp³-hybridized carbons (Fsp3) is 0.211. The topological polar surface area (TPSA) is 70.7 Å². The molecular formula is C19H18N4O. The molecule has 0 saturated carbocycles. The summed E-state index contributed by atoms with van der Waals surface area (Å²) in [6.07, 6.45) is 0.589. The number of amides is 1. The number of aromatic nitrogens is 2. The molecule has 0 aliphatic heterocycles. The summed E-state index contributed by atoms with van der Waals surface area (Å²) in [5, 5.41) is 11.8. The van der Waals surface area contributed by atoms with Crippen molar-refractivity contribution in [1.82, 2.24) is 14.9 Å². The lowest BCUT2D eigenvalue weighted by Crippen LogP contribution is -2.26. The van der Waals surface area contributed by atoms with Crippen LogP contribution in [0.1, 0.15) is 17.8 Å². The number of carbonyl (C=O) groups is 1. The SMILES string of the molecule is N#CCCn1c(CC(=O)NCc2ccccc2)nc2ccccc21. The Labute approximate surface area is 140 Å². The van der Waals surface area contributed by atoms with Crippen LogP contribution in [-0.4, -0.2) is 15.5 Å². The van der Waals surface area contributed by atoms with E-state index in [1.54, 1.807) is 0 Å². The largest absolute Gasteiger partial charge is 0.352 e. The molecule has 3 rings (SSSR count). The van der Waals surface area contributed by atoms with Crippen LogP contribution in [-0.2, 0) is 24.3 Å². The molecule has 1 heterocycles. The highest BCUT2D eigenvalue weighted by Gasteiger charge is 2.13. The molecule has 0 unspecified atom stereocenters. The summed E-state index contributed by atoms with van der Waals surface area (Å²) in [6.45, 7) is 1.04. The Hall–Kier alpha value is -3.13. The van der Waals surface area contributed by atoms with Crippen molar-refractivity contribution in [1.29, 1.82) is 5.26 Å². The Balaban J connectivity index is 1.74. The molecule has 0 radical (unpaired) electrons. The fourth-order valence-electron chi connectivity index (χ4n) is 2.67. The zero-order valence-corrected chi connectivity index (χ0v) is 13.3. The molecule has 1 aromatic heterocycles. The van der Waals surface area contributed by atoms with Crippen LogP contribution >= 0.6 is 0 Å². The number of fused-ring (bicyclic) bond motifs is 1. The molecule has 2 aromatic carbocycles. The van der Waals surface area contributed by atoms with Gasteiger partial charge in [-0.2, -0.15) is 5.26 Å². The van der Waals surface area contributed by atoms with E-state index in [9.17, 15) is 4.79 Å². The summed E-state index contributed by atoms with van der Waals surface area (Å²) in [7, 11) is 0. The summed E-state index contributed by atoms with van der Waals surface area (Å²) >= 11 is 0. The maximum atomic E-state index is 12.3. The smallest absolute Gasteiger partial charge is 0.227 e. The Bertz CT molecular complexity index is 877. The average molecular weight is 318 g/mol. The van der Waals surface area contributed by atoms with Gasteiger partial charge >= 0.3 is 0 Å². The van der Waals surface area contributed by atoms with Crippen LogP contribution < -0.4 is 5.32 Å². The number of carbonyl (C=O) groups excluding carboxylic acids is 1. The predicted molar refractivity (Wildman–Crippen MR) is 92.0 cm³/mol. The van der Waals surface area contributed by atoms with Gasteiger partial charge in [-0.15, -0.1) is 0 Å². The van der Waals surface area contributed by atoms with E-state index in [0.717, 1.165) is 16.6 Å². The molecule has 120 valence electrons. The van der Waals surface area contributed by atoms with E-state index in [4.69, 9.17) is 5.26 Å². The van der Waals surface area contributed by atoms with Crippen molar-refractivity contribution < 1.29 is 4.79 Å². The first-order valence-electron chi connectivity index (χ1n) is 7.89. The fourth-order valence-corrected chi connectivity index (χ4v) is 2.67. The number of imidazole rings is 1. The molecule has 1 amide bonds. The van der Waals surface area contributed by atoms with Crippen molar-refractivity contribution in [2.75, 3.05) is 0 Å². The molecule has 0 aliphatic carbocycles. The number of nitrogens with zero attached hydrogens (tertiary/aromatic N) is 3. The van der Waals surface area contributed by atoms with Crippen molar-refractivity contribution in [3.63, 3.8) is 0 Å². The lowest BCUT2D eigenvalue weighted by molar-refractivity contribution is -0.120. The van der Waals surface area contributed by atoms with Gasteiger partial charge in [0.05, 0.1) is 29.9 Å². The maximum Gasteiger partial charge on any atom is 0.227 e. The first-order chi connectivity index (χ1) is 11.8. The average Bonchev–Trinajstić information content (AvgIpc) is 2.96. The minimum absolute atomic E-state index is 0.0765. The number of rotatable bonds is 6. The molecule has 0 spiro atoms. The zero-order chi connectivity index (χ0) is 16.8. The van der Waals surface area contributed by atoms with E-state index >= 15 is 0 Å². The van der Waals surface area contributed by atoms with Crippen molar-refractivity contribution in [2.24, 2.45) is 0 Å². The second-order valence-electron chi connectivity index (χ2n) is 5.52. The van der Waals surface area contributed by atoms with Gasteiger partial charge in [-0.25, -0.2) is 4.98 Å². The number of hydrogen-bond acceptors (Lipinski definition) is 3. The van der Waals surface area contributed by atoms with Gasteiger partial charge in [0.25, 0.3) is 0 Å².